The van der Waals surface area contributed by atoms with Crippen molar-refractivity contribution in [3.05, 3.63) is 0 Å². The highest BCUT2D eigenvalue weighted by Gasteiger charge is 2.59. The lowest BCUT2D eigenvalue weighted by atomic mass is 9.88. The van der Waals surface area contributed by atoms with Gasteiger partial charge in [0.25, 0.3) is 5.79 Å². The zero-order chi connectivity index (χ0) is 24.4. The van der Waals surface area contributed by atoms with Crippen LogP contribution < -0.4 is 5.32 Å². The van der Waals surface area contributed by atoms with Gasteiger partial charge in [-0.25, -0.2) is 4.79 Å². The monoisotopic (exact) mass is 471 g/mol. The molecule has 1 amide bonds. The number of hydrogen-bond acceptors (Lipinski definition) is 13. The number of hydrogen-bond donors (Lipinski definition) is 10. The van der Waals surface area contributed by atoms with Gasteiger partial charge < -0.3 is 65.5 Å². The van der Waals surface area contributed by atoms with Crippen LogP contribution in [0.2, 0.25) is 0 Å². The van der Waals surface area contributed by atoms with Crippen LogP contribution in [-0.4, -0.2) is 138 Å². The minimum atomic E-state index is -2.86. The zero-order valence-corrected chi connectivity index (χ0v) is 17.0. The first-order valence-electron chi connectivity index (χ1n) is 9.70. The average Bonchev–Trinajstić information content (AvgIpc) is 2.73. The highest BCUT2D eigenvalue weighted by Crippen LogP contribution is 2.37. The number of carbonyl (C=O) groups is 2. The molecule has 2 rings (SSSR count). The number of aliphatic hydroxyl groups excluding tert-OH is 8. The molecular weight excluding hydrogens is 442 g/mol. The Labute approximate surface area is 181 Å². The molecule has 10 N–H and O–H groups in total. The molecule has 0 saturated carbocycles. The number of carboxylic acid groups (broad SMARTS) is 1. The van der Waals surface area contributed by atoms with Crippen LogP contribution in [-0.2, 0) is 23.8 Å². The van der Waals surface area contributed by atoms with Crippen LogP contribution in [0.5, 0.6) is 0 Å². The first-order valence-corrected chi connectivity index (χ1v) is 9.70. The minimum Gasteiger partial charge on any atom is -0.477 e. The van der Waals surface area contributed by atoms with Crippen LogP contribution in [0.1, 0.15) is 13.3 Å². The lowest BCUT2D eigenvalue weighted by Gasteiger charge is -2.49. The fourth-order valence-electron chi connectivity index (χ4n) is 3.67. The van der Waals surface area contributed by atoms with E-state index in [0.717, 1.165) is 6.92 Å². The van der Waals surface area contributed by atoms with Crippen molar-refractivity contribution in [2.24, 2.45) is 0 Å². The number of ether oxygens (including phenoxy) is 3. The molecule has 0 aromatic carbocycles. The second kappa shape index (κ2) is 10.6. The van der Waals surface area contributed by atoms with Crippen LogP contribution in [0.4, 0.5) is 0 Å². The van der Waals surface area contributed by atoms with Gasteiger partial charge in [-0.3, -0.25) is 4.79 Å². The molecule has 0 aromatic heterocycles. The van der Waals surface area contributed by atoms with Gasteiger partial charge in [0, 0.05) is 13.3 Å². The molecule has 2 saturated heterocycles. The Morgan fingerprint density at radius 1 is 1.16 bits per heavy atom. The van der Waals surface area contributed by atoms with Crippen LogP contribution in [0.15, 0.2) is 0 Å². The molecule has 15 nitrogen and oxygen atoms in total. The molecule has 0 spiro atoms. The summed E-state index contributed by atoms with van der Waals surface area (Å²) in [4.78, 5) is 23.6. The van der Waals surface area contributed by atoms with Gasteiger partial charge in [0.05, 0.1) is 25.4 Å². The van der Waals surface area contributed by atoms with Crippen molar-refractivity contribution in [2.45, 2.75) is 80.3 Å². The average molecular weight is 471 g/mol. The summed E-state index contributed by atoms with van der Waals surface area (Å²) < 4.78 is 15.5. The van der Waals surface area contributed by atoms with Gasteiger partial charge in [-0.2, -0.15) is 0 Å². The van der Waals surface area contributed by atoms with Crippen molar-refractivity contribution >= 4 is 11.9 Å². The normalized spacial score (nSPS) is 42.2. The van der Waals surface area contributed by atoms with E-state index in [9.17, 15) is 50.4 Å². The molecule has 0 unspecified atom stereocenters. The van der Waals surface area contributed by atoms with Crippen molar-refractivity contribution < 1.29 is 69.8 Å². The quantitative estimate of drug-likeness (QED) is 0.158. The highest BCUT2D eigenvalue weighted by atomic mass is 16.7. The van der Waals surface area contributed by atoms with E-state index in [4.69, 9.17) is 19.3 Å². The van der Waals surface area contributed by atoms with E-state index in [1.807, 2.05) is 0 Å². The van der Waals surface area contributed by atoms with Crippen molar-refractivity contribution in [1.82, 2.24) is 5.32 Å². The second-order valence-corrected chi connectivity index (χ2v) is 7.69. The van der Waals surface area contributed by atoms with Gasteiger partial charge >= 0.3 is 5.97 Å². The number of carboxylic acids is 1. The van der Waals surface area contributed by atoms with E-state index in [1.165, 1.54) is 0 Å². The van der Waals surface area contributed by atoms with Crippen molar-refractivity contribution in [2.75, 3.05) is 13.2 Å². The SMILES string of the molecule is CC(=O)N[C@H]1[C@H]([C@H](O)[C@H](O)CO)O[C@@](O[C@@H]2[C@H](O)[C@H](CO)O[C@H](O)[C@H]2O)(C(=O)O)C[C@@H]1O. The number of amides is 1. The van der Waals surface area contributed by atoms with E-state index in [2.05, 4.69) is 5.32 Å². The van der Waals surface area contributed by atoms with Gasteiger partial charge in [-0.1, -0.05) is 0 Å². The topological polar surface area (TPSA) is 256 Å². The Morgan fingerprint density at radius 2 is 1.78 bits per heavy atom. The maximum Gasteiger partial charge on any atom is 0.364 e. The zero-order valence-electron chi connectivity index (χ0n) is 17.0. The highest BCUT2D eigenvalue weighted by molar-refractivity contribution is 5.76. The van der Waals surface area contributed by atoms with E-state index in [1.54, 1.807) is 0 Å². The second-order valence-electron chi connectivity index (χ2n) is 7.69. The fraction of sp³-hybridized carbons (Fsp3) is 0.882. The molecule has 15 heteroatoms. The molecule has 186 valence electrons. The Morgan fingerprint density at radius 3 is 2.28 bits per heavy atom. The fourth-order valence-corrected chi connectivity index (χ4v) is 3.67. The van der Waals surface area contributed by atoms with Crippen molar-refractivity contribution in [3.63, 3.8) is 0 Å². The standard InChI is InChI=1S/C17H29NO14/c1-5(21)18-9-6(22)2-17(16(28)29,31-13(9)10(24)7(23)3-19)32-14-11(25)8(4-20)30-15(27)12(14)26/h6-15,19-20,22-27H,2-4H2,1H3,(H,18,21)(H,28,29)/t6-,7+,8-,9+,10+,11+,12-,13+,14+,15-,17-/m0/s1. The lowest BCUT2D eigenvalue weighted by molar-refractivity contribution is -0.366. The molecular formula is C17H29NO14. The van der Waals surface area contributed by atoms with E-state index in [-0.39, 0.29) is 0 Å². The maximum atomic E-state index is 12.1. The number of rotatable bonds is 8. The van der Waals surface area contributed by atoms with Gasteiger partial charge in [0.15, 0.2) is 6.29 Å². The third-order valence-electron chi connectivity index (χ3n) is 5.35. The Hall–Kier alpha value is -1.50. The summed E-state index contributed by atoms with van der Waals surface area (Å²) in [5.41, 5.74) is 0. The molecule has 2 aliphatic heterocycles. The third kappa shape index (κ3) is 5.35. The number of carbonyl (C=O) groups excluding carboxylic acids is 1. The number of aliphatic hydroxyl groups is 8. The molecule has 2 aliphatic rings. The summed E-state index contributed by atoms with van der Waals surface area (Å²) in [6.07, 6.45) is -17.6. The number of aliphatic carboxylic acids is 1. The largest absolute Gasteiger partial charge is 0.477 e. The molecule has 32 heavy (non-hydrogen) atoms. The molecule has 0 radical (unpaired) electrons. The Kier molecular flexibility index (Phi) is 8.88. The summed E-state index contributed by atoms with van der Waals surface area (Å²) in [6, 6.07) is -1.44. The van der Waals surface area contributed by atoms with Crippen molar-refractivity contribution in [1.29, 1.82) is 0 Å². The summed E-state index contributed by atoms with van der Waals surface area (Å²) in [5, 5.41) is 91.5. The minimum absolute atomic E-state index is 0.693. The molecule has 0 aromatic rings. The predicted octanol–water partition coefficient (Wildman–Crippen LogP) is -6.05. The van der Waals surface area contributed by atoms with E-state index < -0.39 is 98.5 Å². The van der Waals surface area contributed by atoms with Gasteiger partial charge in [0.2, 0.25) is 5.91 Å². The maximum absolute atomic E-state index is 12.1. The van der Waals surface area contributed by atoms with E-state index >= 15 is 0 Å². The Bertz CT molecular complexity index is 665. The summed E-state index contributed by atoms with van der Waals surface area (Å²) in [5.74, 6) is -5.44. The Balaban J connectivity index is 2.42. The molecule has 2 fully saturated rings. The summed E-state index contributed by atoms with van der Waals surface area (Å²) in [6.45, 7) is -0.741. The van der Waals surface area contributed by atoms with Crippen molar-refractivity contribution in [3.8, 4) is 0 Å². The smallest absolute Gasteiger partial charge is 0.364 e. The molecule has 0 bridgehead atoms. The summed E-state index contributed by atoms with van der Waals surface area (Å²) >= 11 is 0. The predicted molar refractivity (Wildman–Crippen MR) is 97.4 cm³/mol. The molecule has 0 aliphatic carbocycles. The van der Waals surface area contributed by atoms with Gasteiger partial charge in [-0.05, 0) is 0 Å². The van der Waals surface area contributed by atoms with Crippen LogP contribution in [0.3, 0.4) is 0 Å². The first-order chi connectivity index (χ1) is 14.9. The molecule has 2 heterocycles. The molecule has 11 atom stereocenters. The third-order valence-corrected chi connectivity index (χ3v) is 5.35. The van der Waals surface area contributed by atoms with Crippen LogP contribution in [0, 0.1) is 0 Å². The van der Waals surface area contributed by atoms with Crippen LogP contribution in [0.25, 0.3) is 0 Å². The van der Waals surface area contributed by atoms with Gasteiger partial charge in [0.1, 0.15) is 42.7 Å². The summed E-state index contributed by atoms with van der Waals surface area (Å²) in [7, 11) is 0. The van der Waals surface area contributed by atoms with Gasteiger partial charge in [-0.15, -0.1) is 0 Å². The first kappa shape index (κ1) is 26.7. The van der Waals surface area contributed by atoms with Crippen LogP contribution >= 0.6 is 0 Å². The number of nitrogens with one attached hydrogen (secondary N) is 1. The van der Waals surface area contributed by atoms with E-state index in [0.29, 0.717) is 0 Å². The lowest BCUT2D eigenvalue weighted by Crippen LogP contribution is -2.70.